The molecule has 0 saturated carbocycles. The molecule has 0 fully saturated rings. The molecular formula is C17H21NO. The third kappa shape index (κ3) is 4.68. The molecule has 0 N–H and O–H groups in total. The van der Waals surface area contributed by atoms with Gasteiger partial charge in [-0.2, -0.15) is 0 Å². The molecule has 2 nitrogen and oxygen atoms in total. The van der Waals surface area contributed by atoms with Crippen molar-refractivity contribution < 1.29 is 4.79 Å². The van der Waals surface area contributed by atoms with Crippen molar-refractivity contribution in [2.24, 2.45) is 0 Å². The average Bonchev–Trinajstić information content (AvgIpc) is 2.37. The molecule has 0 atom stereocenters. The fourth-order valence-corrected chi connectivity index (χ4v) is 1.71. The first-order valence-electron chi connectivity index (χ1n) is 6.30. The molecule has 0 aliphatic rings. The summed E-state index contributed by atoms with van der Waals surface area (Å²) in [6, 6.07) is 7.62. The van der Waals surface area contributed by atoms with Gasteiger partial charge in [0.1, 0.15) is 0 Å². The second-order valence-corrected chi connectivity index (χ2v) is 4.67. The zero-order valence-corrected chi connectivity index (χ0v) is 11.9. The van der Waals surface area contributed by atoms with Gasteiger partial charge in [-0.05, 0) is 26.6 Å². The third-order valence-corrected chi connectivity index (χ3v) is 2.72. The summed E-state index contributed by atoms with van der Waals surface area (Å²) in [7, 11) is 3.98. The predicted molar refractivity (Wildman–Crippen MR) is 81.5 cm³/mol. The van der Waals surface area contributed by atoms with Gasteiger partial charge in [0.15, 0.2) is 5.78 Å². The third-order valence-electron chi connectivity index (χ3n) is 2.72. The lowest BCUT2D eigenvalue weighted by Gasteiger charge is -2.07. The number of benzene rings is 1. The van der Waals surface area contributed by atoms with E-state index in [9.17, 15) is 4.79 Å². The summed E-state index contributed by atoms with van der Waals surface area (Å²) in [5.41, 5.74) is 2.39. The van der Waals surface area contributed by atoms with Crippen molar-refractivity contribution >= 4 is 5.78 Å². The number of hydrogen-bond donors (Lipinski definition) is 0. The molecule has 0 aliphatic heterocycles. The van der Waals surface area contributed by atoms with Gasteiger partial charge in [-0.25, -0.2) is 0 Å². The summed E-state index contributed by atoms with van der Waals surface area (Å²) in [6.45, 7) is 6.42. The molecule has 0 saturated heterocycles. The van der Waals surface area contributed by atoms with Crippen molar-refractivity contribution in [1.29, 1.82) is 0 Å². The van der Waals surface area contributed by atoms with E-state index in [1.807, 2.05) is 62.3 Å². The van der Waals surface area contributed by atoms with E-state index in [-0.39, 0.29) is 5.78 Å². The van der Waals surface area contributed by atoms with Crippen LogP contribution in [-0.4, -0.2) is 31.3 Å². The number of carbonyl (C=O) groups is 1. The fourth-order valence-electron chi connectivity index (χ4n) is 1.71. The molecule has 0 unspecified atom stereocenters. The predicted octanol–water partition coefficient (Wildman–Crippen LogP) is 3.41. The minimum atomic E-state index is 0.0352. The first-order valence-corrected chi connectivity index (χ1v) is 6.30. The highest BCUT2D eigenvalue weighted by Crippen LogP contribution is 2.14. The molecule has 0 aliphatic carbocycles. The van der Waals surface area contributed by atoms with Crippen LogP contribution >= 0.6 is 0 Å². The summed E-state index contributed by atoms with van der Waals surface area (Å²) in [5, 5.41) is 0. The maximum atomic E-state index is 12.5. The van der Waals surface area contributed by atoms with E-state index in [1.54, 1.807) is 12.2 Å². The Morgan fingerprint density at radius 2 is 2.00 bits per heavy atom. The summed E-state index contributed by atoms with van der Waals surface area (Å²) in [4.78, 5) is 14.5. The molecule has 1 rings (SSSR count). The van der Waals surface area contributed by atoms with E-state index < -0.39 is 0 Å². The Labute approximate surface area is 115 Å². The van der Waals surface area contributed by atoms with Crippen molar-refractivity contribution in [3.8, 4) is 0 Å². The van der Waals surface area contributed by atoms with Gasteiger partial charge in [-0.1, -0.05) is 55.1 Å². The second kappa shape index (κ2) is 7.49. The molecule has 19 heavy (non-hydrogen) atoms. The standard InChI is InChI=1S/C17H21NO/c1-5-9-15(11-8-13-18(3)4)17(19)16-12-7-6-10-14(16)2/h5-12H,1,13H2,2-4H3/b11-8-,15-9+. The topological polar surface area (TPSA) is 20.3 Å². The van der Waals surface area contributed by atoms with Gasteiger partial charge in [0.2, 0.25) is 0 Å². The Hall–Kier alpha value is -1.93. The van der Waals surface area contributed by atoms with E-state index in [1.165, 1.54) is 0 Å². The molecule has 1 aromatic carbocycles. The van der Waals surface area contributed by atoms with Crippen LogP contribution in [0.15, 0.2) is 60.7 Å². The number of rotatable bonds is 6. The summed E-state index contributed by atoms with van der Waals surface area (Å²) in [5.74, 6) is 0.0352. The number of likely N-dealkylation sites (N-methyl/N-ethyl adjacent to an activating group) is 1. The summed E-state index contributed by atoms with van der Waals surface area (Å²) in [6.07, 6.45) is 7.23. The van der Waals surface area contributed by atoms with Crippen LogP contribution in [0.4, 0.5) is 0 Å². The van der Waals surface area contributed by atoms with Gasteiger partial charge in [-0.3, -0.25) is 4.79 Å². The van der Waals surface area contributed by atoms with Crippen LogP contribution in [0.3, 0.4) is 0 Å². The molecule has 0 bridgehead atoms. The smallest absolute Gasteiger partial charge is 0.193 e. The number of Topliss-reactive ketones (excluding diaryl/α,β-unsaturated/α-hetero) is 1. The second-order valence-electron chi connectivity index (χ2n) is 4.67. The van der Waals surface area contributed by atoms with Crippen LogP contribution in [0, 0.1) is 6.92 Å². The minimum Gasteiger partial charge on any atom is -0.306 e. The maximum Gasteiger partial charge on any atom is 0.193 e. The van der Waals surface area contributed by atoms with Gasteiger partial charge in [-0.15, -0.1) is 0 Å². The van der Waals surface area contributed by atoms with Crippen LogP contribution in [0.25, 0.3) is 0 Å². The largest absolute Gasteiger partial charge is 0.306 e. The van der Waals surface area contributed by atoms with E-state index in [0.29, 0.717) is 5.57 Å². The van der Waals surface area contributed by atoms with Crippen LogP contribution in [0.1, 0.15) is 15.9 Å². The van der Waals surface area contributed by atoms with Crippen LogP contribution in [-0.2, 0) is 0 Å². The van der Waals surface area contributed by atoms with E-state index in [4.69, 9.17) is 0 Å². The number of allylic oxidation sites excluding steroid dienone is 4. The fraction of sp³-hybridized carbons (Fsp3) is 0.235. The first-order chi connectivity index (χ1) is 9.06. The molecule has 0 amide bonds. The molecule has 0 spiro atoms. The molecular weight excluding hydrogens is 234 g/mol. The highest BCUT2D eigenvalue weighted by molar-refractivity contribution is 6.11. The van der Waals surface area contributed by atoms with Crippen molar-refractivity contribution in [2.45, 2.75) is 6.92 Å². The normalized spacial score (nSPS) is 12.1. The quantitative estimate of drug-likeness (QED) is 0.441. The average molecular weight is 255 g/mol. The Morgan fingerprint density at radius 3 is 2.58 bits per heavy atom. The lowest BCUT2D eigenvalue weighted by atomic mass is 9.98. The van der Waals surface area contributed by atoms with E-state index in [0.717, 1.165) is 17.7 Å². The minimum absolute atomic E-state index is 0.0352. The van der Waals surface area contributed by atoms with Crippen molar-refractivity contribution in [1.82, 2.24) is 4.90 Å². The number of hydrogen-bond acceptors (Lipinski definition) is 2. The van der Waals surface area contributed by atoms with Crippen molar-refractivity contribution in [2.75, 3.05) is 20.6 Å². The number of ketones is 1. The number of nitrogens with zero attached hydrogens (tertiary/aromatic N) is 1. The van der Waals surface area contributed by atoms with Gasteiger partial charge >= 0.3 is 0 Å². The summed E-state index contributed by atoms with van der Waals surface area (Å²) >= 11 is 0. The molecule has 0 radical (unpaired) electrons. The lowest BCUT2D eigenvalue weighted by molar-refractivity contribution is 0.103. The summed E-state index contributed by atoms with van der Waals surface area (Å²) < 4.78 is 0. The maximum absolute atomic E-state index is 12.5. The Morgan fingerprint density at radius 1 is 1.32 bits per heavy atom. The number of aryl methyl sites for hydroxylation is 1. The highest BCUT2D eigenvalue weighted by atomic mass is 16.1. The SMILES string of the molecule is C=C/C=C(\C=C/CN(C)C)C(=O)c1ccccc1C. The zero-order valence-electron chi connectivity index (χ0n) is 11.9. The first kappa shape index (κ1) is 15.1. The van der Waals surface area contributed by atoms with Crippen LogP contribution in [0.5, 0.6) is 0 Å². The molecule has 1 aromatic rings. The van der Waals surface area contributed by atoms with Gasteiger partial charge in [0, 0.05) is 17.7 Å². The monoisotopic (exact) mass is 255 g/mol. The van der Waals surface area contributed by atoms with Gasteiger partial charge in [0.05, 0.1) is 0 Å². The Bertz CT molecular complexity index is 510. The van der Waals surface area contributed by atoms with E-state index in [2.05, 4.69) is 6.58 Å². The zero-order chi connectivity index (χ0) is 14.3. The van der Waals surface area contributed by atoms with E-state index >= 15 is 0 Å². The highest BCUT2D eigenvalue weighted by Gasteiger charge is 2.11. The lowest BCUT2D eigenvalue weighted by Crippen LogP contribution is -2.11. The van der Waals surface area contributed by atoms with Crippen molar-refractivity contribution in [3.63, 3.8) is 0 Å². The molecule has 2 heteroatoms. The molecule has 0 heterocycles. The number of carbonyl (C=O) groups excluding carboxylic acids is 1. The van der Waals surface area contributed by atoms with Crippen molar-refractivity contribution in [3.05, 3.63) is 71.8 Å². The van der Waals surface area contributed by atoms with Gasteiger partial charge in [0.25, 0.3) is 0 Å². The molecule has 100 valence electrons. The Balaban J connectivity index is 2.98. The van der Waals surface area contributed by atoms with Crippen LogP contribution < -0.4 is 0 Å². The Kier molecular flexibility index (Phi) is 5.97. The van der Waals surface area contributed by atoms with Crippen LogP contribution in [0.2, 0.25) is 0 Å². The van der Waals surface area contributed by atoms with Gasteiger partial charge < -0.3 is 4.90 Å². The molecule has 0 aromatic heterocycles.